The molecule has 120 valence electrons. The fourth-order valence-corrected chi connectivity index (χ4v) is 2.49. The number of phenolic OH excluding ortho intramolecular Hbond substituents is 1. The number of nitrogens with zero attached hydrogens (tertiary/aromatic N) is 5. The van der Waals surface area contributed by atoms with Crippen LogP contribution in [0.2, 0.25) is 0 Å². The Morgan fingerprint density at radius 2 is 1.48 bits per heavy atom. The van der Waals surface area contributed by atoms with Crippen LogP contribution in [0.4, 0.5) is 0 Å². The van der Waals surface area contributed by atoms with E-state index >= 15 is 0 Å². The summed E-state index contributed by atoms with van der Waals surface area (Å²) in [7, 11) is 0. The smallest absolute Gasteiger partial charge is 0.159 e. The van der Waals surface area contributed by atoms with E-state index in [9.17, 15) is 5.11 Å². The van der Waals surface area contributed by atoms with Crippen molar-refractivity contribution in [3.05, 3.63) is 73.6 Å². The Bertz CT molecular complexity index is 989. The molecule has 0 saturated heterocycles. The van der Waals surface area contributed by atoms with Gasteiger partial charge in [0.1, 0.15) is 5.75 Å². The van der Waals surface area contributed by atoms with Crippen molar-refractivity contribution in [3.63, 3.8) is 0 Å². The number of pyridine rings is 1. The summed E-state index contributed by atoms with van der Waals surface area (Å²) in [5, 5.41) is 9.47. The third-order valence-electron chi connectivity index (χ3n) is 3.71. The Kier molecular flexibility index (Phi) is 3.84. The summed E-state index contributed by atoms with van der Waals surface area (Å²) in [5.41, 5.74) is 3.98. The Hall–Kier alpha value is -3.67. The minimum atomic E-state index is 0.203. The second-order valence-electron chi connectivity index (χ2n) is 5.33. The van der Waals surface area contributed by atoms with Crippen molar-refractivity contribution in [3.8, 4) is 39.7 Å². The zero-order valence-electron chi connectivity index (χ0n) is 13.1. The van der Waals surface area contributed by atoms with E-state index in [0.29, 0.717) is 11.5 Å². The lowest BCUT2D eigenvalue weighted by atomic mass is 10.1. The minimum absolute atomic E-state index is 0.203. The molecule has 4 rings (SSSR count). The van der Waals surface area contributed by atoms with Gasteiger partial charge in [-0.05, 0) is 36.4 Å². The highest BCUT2D eigenvalue weighted by Crippen LogP contribution is 2.30. The molecule has 0 amide bonds. The van der Waals surface area contributed by atoms with Crippen LogP contribution >= 0.6 is 0 Å². The van der Waals surface area contributed by atoms with Crippen LogP contribution in [0.25, 0.3) is 33.9 Å². The van der Waals surface area contributed by atoms with Gasteiger partial charge in [0.05, 0.1) is 17.6 Å². The molecule has 1 aromatic carbocycles. The van der Waals surface area contributed by atoms with E-state index in [4.69, 9.17) is 4.98 Å². The van der Waals surface area contributed by atoms with Gasteiger partial charge >= 0.3 is 0 Å². The lowest BCUT2D eigenvalue weighted by Crippen LogP contribution is -1.97. The van der Waals surface area contributed by atoms with Crippen molar-refractivity contribution in [2.75, 3.05) is 0 Å². The Balaban J connectivity index is 1.90. The molecular weight excluding hydrogens is 314 g/mol. The molecule has 0 spiro atoms. The topological polar surface area (TPSA) is 84.7 Å². The maximum atomic E-state index is 9.47. The number of benzene rings is 1. The average molecular weight is 327 g/mol. The molecule has 1 N–H and O–H groups in total. The highest BCUT2D eigenvalue weighted by molar-refractivity contribution is 5.79. The molecule has 0 radical (unpaired) electrons. The first-order chi connectivity index (χ1) is 12.3. The summed E-state index contributed by atoms with van der Waals surface area (Å²) in [6.07, 6.45) is 10.1. The molecule has 6 heteroatoms. The molecule has 0 fully saturated rings. The van der Waals surface area contributed by atoms with Crippen LogP contribution in [0.1, 0.15) is 0 Å². The van der Waals surface area contributed by atoms with Crippen LogP contribution in [-0.2, 0) is 0 Å². The van der Waals surface area contributed by atoms with E-state index in [2.05, 4.69) is 19.9 Å². The fraction of sp³-hybridized carbons (Fsp3) is 0. The molecular formula is C19H13N5O. The van der Waals surface area contributed by atoms with E-state index in [1.165, 1.54) is 0 Å². The normalized spacial score (nSPS) is 10.6. The quantitative estimate of drug-likeness (QED) is 0.621. The van der Waals surface area contributed by atoms with E-state index in [1.54, 1.807) is 61.4 Å². The molecule has 6 nitrogen and oxygen atoms in total. The van der Waals surface area contributed by atoms with Gasteiger partial charge in [-0.15, -0.1) is 0 Å². The van der Waals surface area contributed by atoms with Crippen LogP contribution in [0.3, 0.4) is 0 Å². The van der Waals surface area contributed by atoms with Gasteiger partial charge in [-0.1, -0.05) is 0 Å². The van der Waals surface area contributed by atoms with E-state index in [-0.39, 0.29) is 5.75 Å². The standard InChI is InChI=1S/C19H13N5O/c25-15-3-1-14(2-4-15)19-23-11-16(17-12-21-9-10-22-17)18(24-19)13-5-7-20-8-6-13/h1-12,25H. The predicted octanol–water partition coefficient (Wildman–Crippen LogP) is 3.37. The third-order valence-corrected chi connectivity index (χ3v) is 3.71. The SMILES string of the molecule is Oc1ccc(-c2ncc(-c3cnccn3)c(-c3ccncc3)n2)cc1. The number of phenols is 1. The summed E-state index contributed by atoms with van der Waals surface area (Å²) in [6.45, 7) is 0. The molecule has 0 saturated carbocycles. The molecule has 0 aliphatic rings. The first kappa shape index (κ1) is 14.9. The number of hydrogen-bond acceptors (Lipinski definition) is 6. The molecule has 0 atom stereocenters. The van der Waals surface area contributed by atoms with Crippen LogP contribution in [-0.4, -0.2) is 30.0 Å². The van der Waals surface area contributed by atoms with Crippen molar-refractivity contribution in [2.24, 2.45) is 0 Å². The molecule has 3 aromatic heterocycles. The van der Waals surface area contributed by atoms with Gasteiger partial charge in [0.15, 0.2) is 5.82 Å². The highest BCUT2D eigenvalue weighted by Gasteiger charge is 2.13. The van der Waals surface area contributed by atoms with Crippen molar-refractivity contribution in [1.82, 2.24) is 24.9 Å². The average Bonchev–Trinajstić information content (AvgIpc) is 2.69. The van der Waals surface area contributed by atoms with Gasteiger partial charge in [-0.25, -0.2) is 9.97 Å². The molecule has 0 aliphatic heterocycles. The monoisotopic (exact) mass is 327 g/mol. The summed E-state index contributed by atoms with van der Waals surface area (Å²) in [4.78, 5) is 21.7. The lowest BCUT2D eigenvalue weighted by Gasteiger charge is -2.10. The number of hydrogen-bond donors (Lipinski definition) is 1. The van der Waals surface area contributed by atoms with Gasteiger partial charge < -0.3 is 5.11 Å². The molecule has 0 aliphatic carbocycles. The highest BCUT2D eigenvalue weighted by atomic mass is 16.3. The first-order valence-corrected chi connectivity index (χ1v) is 7.64. The zero-order valence-corrected chi connectivity index (χ0v) is 13.1. The van der Waals surface area contributed by atoms with Gasteiger partial charge in [0.2, 0.25) is 0 Å². The summed E-state index contributed by atoms with van der Waals surface area (Å²) >= 11 is 0. The molecule has 0 unspecified atom stereocenters. The van der Waals surface area contributed by atoms with Crippen molar-refractivity contribution < 1.29 is 5.11 Å². The van der Waals surface area contributed by atoms with Gasteiger partial charge in [-0.2, -0.15) is 0 Å². The number of aromatic hydroxyl groups is 1. The largest absolute Gasteiger partial charge is 0.508 e. The predicted molar refractivity (Wildman–Crippen MR) is 93.4 cm³/mol. The molecule has 25 heavy (non-hydrogen) atoms. The molecule has 0 bridgehead atoms. The van der Waals surface area contributed by atoms with E-state index in [0.717, 1.165) is 22.4 Å². The maximum absolute atomic E-state index is 9.47. The lowest BCUT2D eigenvalue weighted by molar-refractivity contribution is 0.475. The minimum Gasteiger partial charge on any atom is -0.508 e. The number of aromatic nitrogens is 5. The van der Waals surface area contributed by atoms with Gasteiger partial charge in [0, 0.05) is 47.7 Å². The molecule has 4 aromatic rings. The summed E-state index contributed by atoms with van der Waals surface area (Å²) in [6, 6.07) is 10.6. The summed E-state index contributed by atoms with van der Waals surface area (Å²) < 4.78 is 0. The van der Waals surface area contributed by atoms with Crippen LogP contribution in [0.5, 0.6) is 5.75 Å². The van der Waals surface area contributed by atoms with E-state index in [1.807, 2.05) is 12.1 Å². The third kappa shape index (κ3) is 3.05. The molecule has 3 heterocycles. The van der Waals surface area contributed by atoms with Crippen LogP contribution < -0.4 is 0 Å². The van der Waals surface area contributed by atoms with Gasteiger partial charge in [0.25, 0.3) is 0 Å². The van der Waals surface area contributed by atoms with Crippen LogP contribution in [0.15, 0.2) is 73.6 Å². The maximum Gasteiger partial charge on any atom is 0.159 e. The first-order valence-electron chi connectivity index (χ1n) is 7.64. The van der Waals surface area contributed by atoms with Crippen molar-refractivity contribution in [1.29, 1.82) is 0 Å². The van der Waals surface area contributed by atoms with Crippen LogP contribution in [0, 0.1) is 0 Å². The van der Waals surface area contributed by atoms with Crippen molar-refractivity contribution >= 4 is 0 Å². The second-order valence-corrected chi connectivity index (χ2v) is 5.33. The Morgan fingerprint density at radius 1 is 0.680 bits per heavy atom. The Morgan fingerprint density at radius 3 is 2.20 bits per heavy atom. The van der Waals surface area contributed by atoms with Crippen molar-refractivity contribution in [2.45, 2.75) is 0 Å². The zero-order chi connectivity index (χ0) is 17.1. The number of rotatable bonds is 3. The second kappa shape index (κ2) is 6.45. The fourth-order valence-electron chi connectivity index (χ4n) is 2.49. The van der Waals surface area contributed by atoms with E-state index < -0.39 is 0 Å². The van der Waals surface area contributed by atoms with Gasteiger partial charge in [-0.3, -0.25) is 15.0 Å². The Labute approximate surface area is 143 Å². The summed E-state index contributed by atoms with van der Waals surface area (Å²) in [5.74, 6) is 0.772.